The lowest BCUT2D eigenvalue weighted by Gasteiger charge is -2.08. The van der Waals surface area contributed by atoms with Crippen LogP contribution in [0.1, 0.15) is 0 Å². The van der Waals surface area contributed by atoms with Gasteiger partial charge >= 0.3 is 0 Å². The van der Waals surface area contributed by atoms with Crippen LogP contribution in [-0.4, -0.2) is 43.5 Å². The molecule has 1 fully saturated rings. The van der Waals surface area contributed by atoms with Gasteiger partial charge in [-0.25, -0.2) is 4.39 Å². The zero-order valence-corrected chi connectivity index (χ0v) is 7.00. The summed E-state index contributed by atoms with van der Waals surface area (Å²) >= 11 is 0. The first-order chi connectivity index (χ1) is 5.20. The monoisotopic (exact) mass is 178 g/mol. The standard InChI is InChI=1S/C5H9BFO3P/c6-5-3(7)4(11-9)2(1-8)10-5/h2-5,8H,1,6H2/t2-,3+,4?,5-/m1/s1. The molecule has 0 aromatic rings. The van der Waals surface area contributed by atoms with Gasteiger partial charge in [-0.3, -0.25) is 4.57 Å². The van der Waals surface area contributed by atoms with Crippen LogP contribution in [0.4, 0.5) is 4.39 Å². The summed E-state index contributed by atoms with van der Waals surface area (Å²) in [4.78, 5) is 0. The van der Waals surface area contributed by atoms with Crippen molar-refractivity contribution in [3.8, 4) is 0 Å². The van der Waals surface area contributed by atoms with Crippen LogP contribution in [-0.2, 0) is 9.30 Å². The Hall–Kier alpha value is 0.0149. The summed E-state index contributed by atoms with van der Waals surface area (Å²) in [5.74, 6) is 0. The molecule has 62 valence electrons. The van der Waals surface area contributed by atoms with Crippen molar-refractivity contribution in [2.45, 2.75) is 23.9 Å². The summed E-state index contributed by atoms with van der Waals surface area (Å²) in [6, 6.07) is -0.557. The highest BCUT2D eigenvalue weighted by Gasteiger charge is 2.42. The Labute approximate surface area is 66.5 Å². The zero-order valence-electron chi connectivity index (χ0n) is 6.11. The van der Waals surface area contributed by atoms with Gasteiger partial charge in [-0.15, -0.1) is 0 Å². The van der Waals surface area contributed by atoms with Gasteiger partial charge in [-0.1, -0.05) is 0 Å². The normalized spacial score (nSPS) is 44.9. The highest BCUT2D eigenvalue weighted by molar-refractivity contribution is 7.25. The van der Waals surface area contributed by atoms with E-state index in [2.05, 4.69) is 0 Å². The van der Waals surface area contributed by atoms with Gasteiger partial charge in [0, 0.05) is 0 Å². The second-order valence-corrected chi connectivity index (χ2v) is 3.41. The maximum Gasteiger partial charge on any atom is 0.164 e. The summed E-state index contributed by atoms with van der Waals surface area (Å²) in [5.41, 5.74) is -0.699. The van der Waals surface area contributed by atoms with Crippen LogP contribution in [0.25, 0.3) is 0 Å². The summed E-state index contributed by atoms with van der Waals surface area (Å²) in [5, 5.41) is 8.67. The van der Waals surface area contributed by atoms with Crippen LogP contribution in [0.2, 0.25) is 0 Å². The molecule has 1 unspecified atom stereocenters. The van der Waals surface area contributed by atoms with Crippen molar-refractivity contribution in [2.24, 2.45) is 0 Å². The molecule has 0 aromatic heterocycles. The minimum Gasteiger partial charge on any atom is -0.394 e. The molecule has 4 atom stereocenters. The van der Waals surface area contributed by atoms with Crippen molar-refractivity contribution < 1.29 is 18.8 Å². The van der Waals surface area contributed by atoms with Crippen molar-refractivity contribution in [3.05, 3.63) is 0 Å². The number of ether oxygens (including phenoxy) is 1. The number of aliphatic hydroxyl groups is 1. The molecule has 1 aliphatic rings. The molecule has 0 aliphatic carbocycles. The Morgan fingerprint density at radius 2 is 2.36 bits per heavy atom. The molecule has 1 aliphatic heterocycles. The van der Waals surface area contributed by atoms with E-state index in [9.17, 15) is 8.96 Å². The van der Waals surface area contributed by atoms with E-state index in [-0.39, 0.29) is 15.1 Å². The van der Waals surface area contributed by atoms with Crippen LogP contribution >= 0.6 is 8.46 Å². The first-order valence-corrected chi connectivity index (χ1v) is 4.31. The van der Waals surface area contributed by atoms with Gasteiger partial charge in [0.25, 0.3) is 0 Å². The maximum absolute atomic E-state index is 13.0. The van der Waals surface area contributed by atoms with Crippen molar-refractivity contribution >= 4 is 16.3 Å². The number of halogens is 1. The van der Waals surface area contributed by atoms with Crippen molar-refractivity contribution in [1.29, 1.82) is 0 Å². The van der Waals surface area contributed by atoms with Crippen molar-refractivity contribution in [2.75, 3.05) is 6.61 Å². The van der Waals surface area contributed by atoms with Gasteiger partial charge in [0.2, 0.25) is 0 Å². The molecule has 6 heteroatoms. The number of hydrogen-bond donors (Lipinski definition) is 1. The van der Waals surface area contributed by atoms with Gasteiger partial charge < -0.3 is 9.84 Å². The molecule has 1 heterocycles. The smallest absolute Gasteiger partial charge is 0.164 e. The zero-order chi connectivity index (χ0) is 8.43. The minimum atomic E-state index is -1.23. The van der Waals surface area contributed by atoms with E-state index in [4.69, 9.17) is 9.84 Å². The van der Waals surface area contributed by atoms with Gasteiger partial charge in [-0.05, 0) is 0 Å². The van der Waals surface area contributed by atoms with E-state index >= 15 is 0 Å². The predicted molar refractivity (Wildman–Crippen MR) is 40.6 cm³/mol. The summed E-state index contributed by atoms with van der Waals surface area (Å²) < 4.78 is 28.4. The molecule has 3 nitrogen and oxygen atoms in total. The quantitative estimate of drug-likeness (QED) is 0.450. The van der Waals surface area contributed by atoms with E-state index in [1.54, 1.807) is 7.85 Å². The van der Waals surface area contributed by atoms with E-state index in [1.807, 2.05) is 0 Å². The van der Waals surface area contributed by atoms with E-state index in [0.717, 1.165) is 0 Å². The molecular formula is C5H9BFO3P. The van der Waals surface area contributed by atoms with Crippen LogP contribution in [0.5, 0.6) is 0 Å². The molecule has 0 amide bonds. The first kappa shape index (κ1) is 9.11. The predicted octanol–water partition coefficient (Wildman–Crippen LogP) is -0.665. The summed E-state index contributed by atoms with van der Waals surface area (Å²) in [6.07, 6.45) is -1.84. The number of aliphatic hydroxyl groups excluding tert-OH is 1. The fourth-order valence-corrected chi connectivity index (χ4v) is 1.85. The SMILES string of the molecule is B[C@@H]1O[C@H](CO)C(P=O)[C@@H]1F. The molecule has 0 saturated carbocycles. The molecule has 0 spiro atoms. The van der Waals surface area contributed by atoms with Gasteiger partial charge in [0.1, 0.15) is 19.7 Å². The topological polar surface area (TPSA) is 46.5 Å². The van der Waals surface area contributed by atoms with Crippen LogP contribution < -0.4 is 0 Å². The third kappa shape index (κ3) is 1.61. The lowest BCUT2D eigenvalue weighted by molar-refractivity contribution is 0.0389. The van der Waals surface area contributed by atoms with E-state index in [0.29, 0.717) is 0 Å². The first-order valence-electron chi connectivity index (χ1n) is 3.43. The number of rotatable bonds is 2. The Kier molecular flexibility index (Phi) is 2.99. The third-order valence-corrected chi connectivity index (χ3v) is 2.71. The lowest BCUT2D eigenvalue weighted by Crippen LogP contribution is -2.26. The molecular weight excluding hydrogens is 169 g/mol. The van der Waals surface area contributed by atoms with Crippen molar-refractivity contribution in [1.82, 2.24) is 0 Å². The van der Waals surface area contributed by atoms with Crippen LogP contribution in [0, 0.1) is 0 Å². The van der Waals surface area contributed by atoms with Gasteiger partial charge in [-0.2, -0.15) is 0 Å². The molecule has 0 aromatic carbocycles. The summed E-state index contributed by atoms with van der Waals surface area (Å²) in [7, 11) is 1.28. The fourth-order valence-electron chi connectivity index (χ4n) is 1.19. The van der Waals surface area contributed by atoms with Gasteiger partial charge in [0.15, 0.2) is 8.46 Å². The highest BCUT2D eigenvalue weighted by atomic mass is 31.1. The maximum atomic E-state index is 13.0. The third-order valence-electron chi connectivity index (χ3n) is 1.85. The van der Waals surface area contributed by atoms with Crippen LogP contribution in [0.15, 0.2) is 0 Å². The second-order valence-electron chi connectivity index (χ2n) is 2.60. The largest absolute Gasteiger partial charge is 0.394 e. The fraction of sp³-hybridized carbons (Fsp3) is 1.00. The molecule has 1 saturated heterocycles. The van der Waals surface area contributed by atoms with E-state index in [1.165, 1.54) is 0 Å². The Morgan fingerprint density at radius 3 is 2.73 bits per heavy atom. The minimum absolute atomic E-state index is 0.273. The van der Waals surface area contributed by atoms with Gasteiger partial charge in [0.05, 0.1) is 18.7 Å². The Bertz CT molecular complexity index is 159. The second kappa shape index (κ2) is 3.61. The number of hydrogen-bond acceptors (Lipinski definition) is 3. The molecule has 0 bridgehead atoms. The molecule has 0 radical (unpaired) electrons. The van der Waals surface area contributed by atoms with Crippen LogP contribution in [0.3, 0.4) is 0 Å². The van der Waals surface area contributed by atoms with Crippen molar-refractivity contribution in [3.63, 3.8) is 0 Å². The average molecular weight is 178 g/mol. The Morgan fingerprint density at radius 1 is 1.73 bits per heavy atom. The summed E-state index contributed by atoms with van der Waals surface area (Å²) in [6.45, 7) is -0.273. The molecule has 1 rings (SSSR count). The average Bonchev–Trinajstić information content (AvgIpc) is 2.28. The molecule has 11 heavy (non-hydrogen) atoms. The van der Waals surface area contributed by atoms with E-state index < -0.39 is 23.9 Å². The molecule has 1 N–H and O–H groups in total. The highest BCUT2D eigenvalue weighted by Crippen LogP contribution is 2.30. The lowest BCUT2D eigenvalue weighted by atomic mass is 9.95. The Balaban J connectivity index is 2.64. The number of alkyl halides is 1.